The second kappa shape index (κ2) is 8.69. The summed E-state index contributed by atoms with van der Waals surface area (Å²) in [6.45, 7) is 4.20. The van der Waals surface area contributed by atoms with Gasteiger partial charge in [0.15, 0.2) is 0 Å². The van der Waals surface area contributed by atoms with E-state index in [1.807, 2.05) is 30.3 Å². The Morgan fingerprint density at radius 1 is 1.23 bits per heavy atom. The van der Waals surface area contributed by atoms with Gasteiger partial charge < -0.3 is 19.9 Å². The fourth-order valence-corrected chi connectivity index (χ4v) is 3.89. The molecule has 1 aliphatic heterocycles. The van der Waals surface area contributed by atoms with E-state index in [2.05, 4.69) is 9.97 Å². The molecule has 0 aliphatic carbocycles. The van der Waals surface area contributed by atoms with Gasteiger partial charge in [0.2, 0.25) is 11.8 Å². The molecule has 2 amide bonds. The van der Waals surface area contributed by atoms with E-state index in [0.29, 0.717) is 13.0 Å². The number of carboxylic acid groups (broad SMARTS) is 1. The second-order valence-electron chi connectivity index (χ2n) is 8.66. The minimum atomic E-state index is -0.947. The van der Waals surface area contributed by atoms with Gasteiger partial charge in [-0.05, 0) is 11.0 Å². The zero-order valence-electron chi connectivity index (χ0n) is 17.6. The molecule has 0 bridgehead atoms. The lowest BCUT2D eigenvalue weighted by Gasteiger charge is -2.37. The summed E-state index contributed by atoms with van der Waals surface area (Å²) in [5.41, 5.74) is 1.90. The van der Waals surface area contributed by atoms with Crippen LogP contribution in [0.2, 0.25) is 0 Å². The van der Waals surface area contributed by atoms with Gasteiger partial charge in [0, 0.05) is 26.4 Å². The number of benzene rings is 1. The van der Waals surface area contributed by atoms with Crippen LogP contribution in [0.15, 0.2) is 36.7 Å². The summed E-state index contributed by atoms with van der Waals surface area (Å²) < 4.78 is 0. The first-order chi connectivity index (χ1) is 14.2. The van der Waals surface area contributed by atoms with Crippen LogP contribution in [0, 0.1) is 5.41 Å². The molecule has 2 aromatic rings. The van der Waals surface area contributed by atoms with Gasteiger partial charge in [-0.25, -0.2) is 4.98 Å². The third-order valence-electron chi connectivity index (χ3n) is 5.40. The maximum atomic E-state index is 13.3. The summed E-state index contributed by atoms with van der Waals surface area (Å²) in [5, 5.41) is 9.13. The molecule has 8 nitrogen and oxygen atoms in total. The predicted octanol–water partition coefficient (Wildman–Crippen LogP) is 2.21. The molecule has 0 fully saturated rings. The topological polar surface area (TPSA) is 107 Å². The van der Waals surface area contributed by atoms with E-state index < -0.39 is 17.4 Å². The van der Waals surface area contributed by atoms with Crippen LogP contribution in [0.25, 0.3) is 0 Å². The molecular weight excluding hydrogens is 384 g/mol. The number of imidazole rings is 1. The Kier molecular flexibility index (Phi) is 6.24. The molecule has 1 aromatic heterocycles. The monoisotopic (exact) mass is 412 g/mol. The van der Waals surface area contributed by atoms with Crippen molar-refractivity contribution in [2.75, 3.05) is 7.05 Å². The number of rotatable bonds is 7. The van der Waals surface area contributed by atoms with Crippen LogP contribution in [-0.2, 0) is 33.9 Å². The molecule has 0 radical (unpaired) electrons. The first-order valence-corrected chi connectivity index (χ1v) is 9.97. The molecule has 30 heavy (non-hydrogen) atoms. The van der Waals surface area contributed by atoms with E-state index in [9.17, 15) is 14.4 Å². The molecule has 8 heteroatoms. The van der Waals surface area contributed by atoms with Gasteiger partial charge in [-0.3, -0.25) is 14.4 Å². The van der Waals surface area contributed by atoms with Gasteiger partial charge in [-0.2, -0.15) is 0 Å². The molecule has 0 saturated heterocycles. The lowest BCUT2D eigenvalue weighted by molar-refractivity contribution is -0.149. The molecule has 1 aromatic carbocycles. The standard InChI is InChI=1S/C22H28N4O4/c1-22(2,11-20(28)29)10-19(27)26-13-17-16(23-14-24-17)9-18(26)21(30)25(3)12-15-7-5-4-6-8-15/h4-8,14,18H,9-13H2,1-3H3,(H,23,24)(H,28,29). The molecule has 3 rings (SSSR count). The Bertz CT molecular complexity index is 922. The smallest absolute Gasteiger partial charge is 0.303 e. The SMILES string of the molecule is CN(Cc1ccccc1)C(=O)C1Cc2nc[nH]c2CN1C(=O)CC(C)(C)CC(=O)O. The number of nitrogens with one attached hydrogen (secondary N) is 1. The van der Waals surface area contributed by atoms with Crippen LogP contribution in [0.4, 0.5) is 0 Å². The van der Waals surface area contributed by atoms with Crippen LogP contribution in [-0.4, -0.2) is 55.7 Å². The molecule has 1 unspecified atom stereocenters. The number of H-pyrrole nitrogens is 1. The number of aromatic amines is 1. The molecule has 0 saturated carbocycles. The number of aliphatic carboxylic acids is 1. The Hall–Kier alpha value is -3.16. The van der Waals surface area contributed by atoms with Gasteiger partial charge >= 0.3 is 5.97 Å². The number of carbonyl (C=O) groups is 3. The second-order valence-corrected chi connectivity index (χ2v) is 8.66. The largest absolute Gasteiger partial charge is 0.481 e. The van der Waals surface area contributed by atoms with E-state index in [1.54, 1.807) is 37.0 Å². The number of likely N-dealkylation sites (N-methyl/N-ethyl adjacent to an activating group) is 1. The molecule has 2 heterocycles. The molecule has 2 N–H and O–H groups in total. The van der Waals surface area contributed by atoms with Crippen molar-refractivity contribution in [2.45, 2.75) is 52.2 Å². The average Bonchev–Trinajstić information content (AvgIpc) is 3.13. The number of fused-ring (bicyclic) bond motifs is 1. The number of hydrogen-bond donors (Lipinski definition) is 2. The number of nitrogens with zero attached hydrogens (tertiary/aromatic N) is 3. The molecule has 1 aliphatic rings. The predicted molar refractivity (Wildman–Crippen MR) is 110 cm³/mol. The summed E-state index contributed by atoms with van der Waals surface area (Å²) in [6, 6.07) is 9.00. The van der Waals surface area contributed by atoms with E-state index in [4.69, 9.17) is 5.11 Å². The summed E-state index contributed by atoms with van der Waals surface area (Å²) in [4.78, 5) is 48.1. The minimum absolute atomic E-state index is 0.0505. The molecule has 0 spiro atoms. The minimum Gasteiger partial charge on any atom is -0.481 e. The third kappa shape index (κ3) is 5.06. The lowest BCUT2D eigenvalue weighted by Crippen LogP contribution is -2.53. The number of hydrogen-bond acceptors (Lipinski definition) is 4. The van der Waals surface area contributed by atoms with Gasteiger partial charge in [0.25, 0.3) is 0 Å². The highest BCUT2D eigenvalue weighted by molar-refractivity contribution is 5.88. The van der Waals surface area contributed by atoms with Crippen LogP contribution in [0.1, 0.15) is 43.6 Å². The van der Waals surface area contributed by atoms with Gasteiger partial charge in [-0.1, -0.05) is 44.2 Å². The van der Waals surface area contributed by atoms with Crippen molar-refractivity contribution >= 4 is 17.8 Å². The van der Waals surface area contributed by atoms with E-state index in [1.165, 1.54) is 0 Å². The maximum absolute atomic E-state index is 13.3. The first kappa shape index (κ1) is 21.5. The number of carboxylic acids is 1. The van der Waals surface area contributed by atoms with Crippen molar-refractivity contribution < 1.29 is 19.5 Å². The lowest BCUT2D eigenvalue weighted by atomic mass is 9.84. The third-order valence-corrected chi connectivity index (χ3v) is 5.40. The van der Waals surface area contributed by atoms with Crippen molar-refractivity contribution in [3.63, 3.8) is 0 Å². The van der Waals surface area contributed by atoms with Gasteiger partial charge in [0.05, 0.1) is 30.7 Å². The van der Waals surface area contributed by atoms with Gasteiger partial charge in [0.1, 0.15) is 6.04 Å². The maximum Gasteiger partial charge on any atom is 0.303 e. The van der Waals surface area contributed by atoms with E-state index in [-0.39, 0.29) is 31.2 Å². The Morgan fingerprint density at radius 2 is 1.93 bits per heavy atom. The van der Waals surface area contributed by atoms with Crippen molar-refractivity contribution in [1.82, 2.24) is 19.8 Å². The molecule has 1 atom stereocenters. The van der Waals surface area contributed by atoms with Crippen LogP contribution in [0.3, 0.4) is 0 Å². The van der Waals surface area contributed by atoms with Crippen molar-refractivity contribution in [3.8, 4) is 0 Å². The Morgan fingerprint density at radius 3 is 2.60 bits per heavy atom. The van der Waals surface area contributed by atoms with Crippen LogP contribution in [0.5, 0.6) is 0 Å². The van der Waals surface area contributed by atoms with Crippen LogP contribution >= 0.6 is 0 Å². The zero-order chi connectivity index (χ0) is 21.9. The number of amides is 2. The molecular formula is C22H28N4O4. The van der Waals surface area contributed by atoms with Crippen LogP contribution < -0.4 is 0 Å². The van der Waals surface area contributed by atoms with Crippen molar-refractivity contribution in [1.29, 1.82) is 0 Å². The molecule has 160 valence electrons. The highest BCUT2D eigenvalue weighted by Gasteiger charge is 2.39. The fourth-order valence-electron chi connectivity index (χ4n) is 3.89. The van der Waals surface area contributed by atoms with Gasteiger partial charge in [-0.15, -0.1) is 0 Å². The first-order valence-electron chi connectivity index (χ1n) is 9.97. The van der Waals surface area contributed by atoms with Crippen molar-refractivity contribution in [3.05, 3.63) is 53.6 Å². The highest BCUT2D eigenvalue weighted by Crippen LogP contribution is 2.29. The van der Waals surface area contributed by atoms with E-state index >= 15 is 0 Å². The Labute approximate surface area is 175 Å². The summed E-state index contributed by atoms with van der Waals surface area (Å²) in [7, 11) is 1.73. The number of aromatic nitrogens is 2. The highest BCUT2D eigenvalue weighted by atomic mass is 16.4. The Balaban J connectivity index is 1.79. The fraction of sp³-hybridized carbons (Fsp3) is 0.455. The zero-order valence-corrected chi connectivity index (χ0v) is 17.6. The normalized spacial score (nSPS) is 16.1. The van der Waals surface area contributed by atoms with E-state index in [0.717, 1.165) is 17.0 Å². The summed E-state index contributed by atoms with van der Waals surface area (Å²) >= 11 is 0. The summed E-state index contributed by atoms with van der Waals surface area (Å²) in [5.74, 6) is -1.33. The number of carbonyl (C=O) groups excluding carboxylic acids is 2. The average molecular weight is 412 g/mol. The quantitative estimate of drug-likeness (QED) is 0.725. The summed E-state index contributed by atoms with van der Waals surface area (Å²) in [6.07, 6.45) is 1.84. The van der Waals surface area contributed by atoms with Crippen molar-refractivity contribution in [2.24, 2.45) is 5.41 Å².